The molecule has 0 bridgehead atoms. The van der Waals surface area contributed by atoms with Crippen LogP contribution in [0.1, 0.15) is 23.2 Å². The van der Waals surface area contributed by atoms with E-state index in [0.29, 0.717) is 16.8 Å². The van der Waals surface area contributed by atoms with Gasteiger partial charge in [-0.3, -0.25) is 19.9 Å². The highest BCUT2D eigenvalue weighted by Crippen LogP contribution is 2.29. The van der Waals surface area contributed by atoms with Crippen molar-refractivity contribution in [1.82, 2.24) is 15.0 Å². The third-order valence-electron chi connectivity index (χ3n) is 3.96. The van der Waals surface area contributed by atoms with Crippen LogP contribution in [0.25, 0.3) is 0 Å². The summed E-state index contributed by atoms with van der Waals surface area (Å²) in [6.07, 6.45) is 1.50. The number of nitrogens with zero attached hydrogens (tertiary/aromatic N) is 2. The van der Waals surface area contributed by atoms with Crippen LogP contribution in [0.2, 0.25) is 0 Å². The highest BCUT2D eigenvalue weighted by atomic mass is 32.2. The van der Waals surface area contributed by atoms with E-state index in [9.17, 15) is 23.3 Å². The third-order valence-corrected chi connectivity index (χ3v) is 5.60. The molecule has 0 atom stereocenters. The summed E-state index contributed by atoms with van der Waals surface area (Å²) in [7, 11) is -4.14. The number of aromatic nitrogens is 1. The van der Waals surface area contributed by atoms with E-state index in [1.807, 2.05) is 0 Å². The molecule has 0 saturated heterocycles. The first-order valence-electron chi connectivity index (χ1n) is 8.13. The summed E-state index contributed by atoms with van der Waals surface area (Å²) in [5, 5.41) is 13.8. The van der Waals surface area contributed by atoms with E-state index >= 15 is 0 Å². The van der Waals surface area contributed by atoms with E-state index < -0.39 is 20.6 Å². The Morgan fingerprint density at radius 2 is 1.96 bits per heavy atom. The second kappa shape index (κ2) is 8.69. The molecule has 0 aliphatic rings. The summed E-state index contributed by atoms with van der Waals surface area (Å²) in [6.45, 7) is 3.23. The van der Waals surface area contributed by atoms with Gasteiger partial charge in [0.2, 0.25) is 15.9 Å². The number of nitro groups is 1. The van der Waals surface area contributed by atoms with E-state index in [-0.39, 0.29) is 30.3 Å². The fourth-order valence-electron chi connectivity index (χ4n) is 2.41. The summed E-state index contributed by atoms with van der Waals surface area (Å²) >= 11 is 0. The number of benzene rings is 1. The lowest BCUT2D eigenvalue weighted by Crippen LogP contribution is -2.31. The molecule has 1 aromatic carbocycles. The van der Waals surface area contributed by atoms with E-state index in [1.54, 1.807) is 31.3 Å². The lowest BCUT2D eigenvalue weighted by Gasteiger charge is -2.11. The molecule has 0 radical (unpaired) electrons. The topological polar surface area (TPSA) is 131 Å². The van der Waals surface area contributed by atoms with Crippen molar-refractivity contribution in [3.8, 4) is 0 Å². The number of nitrogens with one attached hydrogen (secondary N) is 2. The van der Waals surface area contributed by atoms with Crippen molar-refractivity contribution in [2.24, 2.45) is 0 Å². The summed E-state index contributed by atoms with van der Waals surface area (Å²) in [6, 6.07) is 7.96. The molecule has 1 amide bonds. The number of pyridine rings is 1. The van der Waals surface area contributed by atoms with Gasteiger partial charge in [-0.2, -0.15) is 0 Å². The maximum Gasteiger partial charge on any atom is 0.289 e. The number of aryl methyl sites for hydroxylation is 1. The van der Waals surface area contributed by atoms with Crippen LogP contribution in [0, 0.1) is 24.0 Å². The Morgan fingerprint density at radius 1 is 1.22 bits per heavy atom. The number of nitro benzene ring substituents is 1. The summed E-state index contributed by atoms with van der Waals surface area (Å²) in [5.74, 6) is -0.362. The molecule has 2 rings (SSSR count). The molecule has 0 spiro atoms. The molecule has 2 aromatic rings. The second-order valence-electron chi connectivity index (χ2n) is 5.86. The number of carbonyl (C=O) groups excluding carboxylic acids is 1. The Hall–Kier alpha value is -2.85. The molecule has 2 N–H and O–H groups in total. The Balaban J connectivity index is 2.00. The van der Waals surface area contributed by atoms with Crippen LogP contribution >= 0.6 is 0 Å². The van der Waals surface area contributed by atoms with Gasteiger partial charge in [-0.05, 0) is 37.1 Å². The molecular formula is C17H20N4O5S. The average molecular weight is 392 g/mol. The van der Waals surface area contributed by atoms with Gasteiger partial charge in [0.15, 0.2) is 4.90 Å². The molecule has 9 nitrogen and oxygen atoms in total. The van der Waals surface area contributed by atoms with Crippen LogP contribution in [-0.4, -0.2) is 30.8 Å². The number of sulfonamides is 1. The lowest BCUT2D eigenvalue weighted by atomic mass is 10.1. The van der Waals surface area contributed by atoms with Crippen LogP contribution in [-0.2, 0) is 21.4 Å². The van der Waals surface area contributed by atoms with Crippen LogP contribution in [0.4, 0.5) is 5.69 Å². The van der Waals surface area contributed by atoms with E-state index in [1.165, 1.54) is 13.0 Å². The molecule has 1 aromatic heterocycles. The fraction of sp³-hybridized carbons (Fsp3) is 0.294. The van der Waals surface area contributed by atoms with Crippen LogP contribution < -0.4 is 10.0 Å². The van der Waals surface area contributed by atoms with Gasteiger partial charge in [0, 0.05) is 25.2 Å². The number of rotatable bonds is 8. The quantitative estimate of drug-likeness (QED) is 0.518. The maximum atomic E-state index is 12.5. The van der Waals surface area contributed by atoms with E-state index in [4.69, 9.17) is 0 Å². The van der Waals surface area contributed by atoms with Crippen molar-refractivity contribution in [2.45, 2.75) is 31.7 Å². The zero-order valence-corrected chi connectivity index (χ0v) is 15.7. The summed E-state index contributed by atoms with van der Waals surface area (Å²) < 4.78 is 27.3. The normalized spacial score (nSPS) is 11.2. The average Bonchev–Trinajstić information content (AvgIpc) is 2.62. The van der Waals surface area contributed by atoms with Crippen LogP contribution in [0.3, 0.4) is 0 Å². The highest BCUT2D eigenvalue weighted by molar-refractivity contribution is 7.89. The largest absolute Gasteiger partial charge is 0.350 e. The SMILES string of the molecule is Cc1ccc([N+](=O)[O-])c(S(=O)(=O)NCCC(=O)NCc2ccccn2)c1C. The van der Waals surface area contributed by atoms with Gasteiger partial charge in [-0.15, -0.1) is 0 Å². The first-order chi connectivity index (χ1) is 12.7. The second-order valence-corrected chi connectivity index (χ2v) is 7.56. The molecule has 0 unspecified atom stereocenters. The lowest BCUT2D eigenvalue weighted by molar-refractivity contribution is -0.387. The van der Waals surface area contributed by atoms with Gasteiger partial charge in [-0.1, -0.05) is 12.1 Å². The summed E-state index contributed by atoms with van der Waals surface area (Å²) in [4.78, 5) is 26.0. The first kappa shape index (κ1) is 20.5. The zero-order chi connectivity index (χ0) is 20.0. The molecule has 0 saturated carbocycles. The van der Waals surface area contributed by atoms with E-state index in [0.717, 1.165) is 6.07 Å². The van der Waals surface area contributed by atoms with Gasteiger partial charge in [0.1, 0.15) is 0 Å². The van der Waals surface area contributed by atoms with Gasteiger partial charge in [-0.25, -0.2) is 13.1 Å². The Kier molecular flexibility index (Phi) is 6.59. The minimum atomic E-state index is -4.14. The van der Waals surface area contributed by atoms with Crippen LogP contribution in [0.5, 0.6) is 0 Å². The monoisotopic (exact) mass is 392 g/mol. The number of hydrogen-bond donors (Lipinski definition) is 2. The van der Waals surface area contributed by atoms with Crippen molar-refractivity contribution in [2.75, 3.05) is 6.54 Å². The van der Waals surface area contributed by atoms with Gasteiger partial charge in [0.05, 0.1) is 17.2 Å². The summed E-state index contributed by atoms with van der Waals surface area (Å²) in [5.41, 5.74) is 1.10. The first-order valence-corrected chi connectivity index (χ1v) is 9.61. The van der Waals surface area contributed by atoms with Gasteiger partial charge in [0.25, 0.3) is 5.69 Å². The smallest absolute Gasteiger partial charge is 0.289 e. The number of amides is 1. The fourth-order valence-corrected chi connectivity index (χ4v) is 3.91. The zero-order valence-electron chi connectivity index (χ0n) is 14.9. The van der Waals surface area contributed by atoms with Gasteiger partial charge < -0.3 is 5.32 Å². The minimum Gasteiger partial charge on any atom is -0.350 e. The van der Waals surface area contributed by atoms with Crippen molar-refractivity contribution >= 4 is 21.6 Å². The Morgan fingerprint density at radius 3 is 2.59 bits per heavy atom. The van der Waals surface area contributed by atoms with Gasteiger partial charge >= 0.3 is 0 Å². The predicted molar refractivity (Wildman–Crippen MR) is 98.5 cm³/mol. The molecule has 0 aliphatic heterocycles. The minimum absolute atomic E-state index is 0.106. The molecule has 27 heavy (non-hydrogen) atoms. The third kappa shape index (κ3) is 5.31. The Labute approximate surface area is 157 Å². The van der Waals surface area contributed by atoms with Crippen molar-refractivity contribution in [3.05, 3.63) is 63.5 Å². The van der Waals surface area contributed by atoms with E-state index in [2.05, 4.69) is 15.0 Å². The van der Waals surface area contributed by atoms with Crippen LogP contribution in [0.15, 0.2) is 41.4 Å². The Bertz CT molecular complexity index is 945. The number of carbonyl (C=O) groups is 1. The molecule has 0 fully saturated rings. The molecule has 10 heteroatoms. The molecule has 144 valence electrons. The maximum absolute atomic E-state index is 12.5. The standard InChI is InChI=1S/C17H20N4O5S/c1-12-6-7-15(21(23)24)17(13(12)2)27(25,26)20-10-8-16(22)19-11-14-5-3-4-9-18-14/h3-7,9,20H,8,10-11H2,1-2H3,(H,19,22). The molecule has 1 heterocycles. The van der Waals surface area contributed by atoms with Crippen molar-refractivity contribution in [1.29, 1.82) is 0 Å². The highest BCUT2D eigenvalue weighted by Gasteiger charge is 2.28. The molecule has 0 aliphatic carbocycles. The number of hydrogen-bond acceptors (Lipinski definition) is 6. The predicted octanol–water partition coefficient (Wildman–Crippen LogP) is 1.59. The van der Waals surface area contributed by atoms with Crippen molar-refractivity contribution < 1.29 is 18.1 Å². The van der Waals surface area contributed by atoms with Crippen molar-refractivity contribution in [3.63, 3.8) is 0 Å². The molecular weight excluding hydrogens is 372 g/mol.